The molecular formula is C14H11Cl3N2S. The van der Waals surface area contributed by atoms with Gasteiger partial charge in [-0.2, -0.15) is 0 Å². The third-order valence-electron chi connectivity index (χ3n) is 2.63. The van der Waals surface area contributed by atoms with Gasteiger partial charge in [0.1, 0.15) is 0 Å². The summed E-state index contributed by atoms with van der Waals surface area (Å²) in [6.07, 6.45) is 0. The predicted molar refractivity (Wildman–Crippen MR) is 92.5 cm³/mol. The normalized spacial score (nSPS) is 10.2. The van der Waals surface area contributed by atoms with E-state index >= 15 is 0 Å². The first-order valence-electron chi connectivity index (χ1n) is 5.75. The van der Waals surface area contributed by atoms with Crippen LogP contribution in [0.1, 0.15) is 5.56 Å². The fourth-order valence-electron chi connectivity index (χ4n) is 1.59. The first-order chi connectivity index (χ1) is 9.45. The molecule has 6 heteroatoms. The molecule has 0 unspecified atom stereocenters. The SMILES string of the molecule is Cc1ccc(Cl)cc1NC(=S)Nc1ccc(Cl)c(Cl)c1. The van der Waals surface area contributed by atoms with Crippen molar-refractivity contribution in [1.82, 2.24) is 0 Å². The highest BCUT2D eigenvalue weighted by atomic mass is 35.5. The Morgan fingerprint density at radius 1 is 0.950 bits per heavy atom. The minimum Gasteiger partial charge on any atom is -0.332 e. The fourth-order valence-corrected chi connectivity index (χ4v) is 2.29. The second-order valence-electron chi connectivity index (χ2n) is 4.17. The van der Waals surface area contributed by atoms with Gasteiger partial charge < -0.3 is 10.6 Å². The van der Waals surface area contributed by atoms with Crippen LogP contribution in [-0.4, -0.2) is 5.11 Å². The van der Waals surface area contributed by atoms with Crippen LogP contribution in [0.4, 0.5) is 11.4 Å². The molecule has 2 aromatic rings. The number of aryl methyl sites for hydroxylation is 1. The van der Waals surface area contributed by atoms with Crippen molar-refractivity contribution in [3.63, 3.8) is 0 Å². The van der Waals surface area contributed by atoms with Crippen molar-refractivity contribution < 1.29 is 0 Å². The third kappa shape index (κ3) is 4.00. The molecule has 2 N–H and O–H groups in total. The highest BCUT2D eigenvalue weighted by molar-refractivity contribution is 7.80. The van der Waals surface area contributed by atoms with E-state index in [4.69, 9.17) is 47.0 Å². The molecule has 0 aliphatic carbocycles. The molecule has 0 fully saturated rings. The molecule has 0 saturated carbocycles. The van der Waals surface area contributed by atoms with Gasteiger partial charge in [-0.3, -0.25) is 0 Å². The van der Waals surface area contributed by atoms with Gasteiger partial charge in [-0.1, -0.05) is 40.9 Å². The van der Waals surface area contributed by atoms with Gasteiger partial charge in [0.25, 0.3) is 0 Å². The first kappa shape index (κ1) is 15.4. The molecule has 2 nitrogen and oxygen atoms in total. The summed E-state index contributed by atoms with van der Waals surface area (Å²) in [5, 5.41) is 8.21. The minimum absolute atomic E-state index is 0.453. The van der Waals surface area contributed by atoms with Crippen molar-refractivity contribution in [2.45, 2.75) is 6.92 Å². The van der Waals surface area contributed by atoms with Crippen molar-refractivity contribution in [2.24, 2.45) is 0 Å². The summed E-state index contributed by atoms with van der Waals surface area (Å²) in [6, 6.07) is 10.8. The van der Waals surface area contributed by atoms with Crippen molar-refractivity contribution >= 4 is 63.5 Å². The molecule has 0 bridgehead atoms. The van der Waals surface area contributed by atoms with E-state index in [-0.39, 0.29) is 0 Å². The molecule has 0 atom stereocenters. The van der Waals surface area contributed by atoms with E-state index in [0.29, 0.717) is 20.2 Å². The maximum Gasteiger partial charge on any atom is 0.175 e. The molecule has 2 rings (SSSR count). The minimum atomic E-state index is 0.453. The van der Waals surface area contributed by atoms with E-state index < -0.39 is 0 Å². The quantitative estimate of drug-likeness (QED) is 0.676. The highest BCUT2D eigenvalue weighted by Gasteiger charge is 2.04. The predicted octanol–water partition coefficient (Wildman–Crippen LogP) is 5.76. The number of hydrogen-bond acceptors (Lipinski definition) is 1. The molecular weight excluding hydrogens is 335 g/mol. The van der Waals surface area contributed by atoms with Crippen LogP contribution in [0.3, 0.4) is 0 Å². The summed E-state index contributed by atoms with van der Waals surface area (Å²) in [6.45, 7) is 1.97. The van der Waals surface area contributed by atoms with Gasteiger partial charge >= 0.3 is 0 Å². The Morgan fingerprint density at radius 3 is 2.40 bits per heavy atom. The average molecular weight is 346 g/mol. The molecule has 20 heavy (non-hydrogen) atoms. The Bertz CT molecular complexity index is 659. The van der Waals surface area contributed by atoms with Gasteiger partial charge in [0.2, 0.25) is 0 Å². The van der Waals surface area contributed by atoms with Crippen LogP contribution in [0.2, 0.25) is 15.1 Å². The van der Waals surface area contributed by atoms with Crippen LogP contribution in [0.5, 0.6) is 0 Å². The van der Waals surface area contributed by atoms with Gasteiger partial charge in [-0.25, -0.2) is 0 Å². The molecule has 2 aromatic carbocycles. The molecule has 0 amide bonds. The Kier molecular flexibility index (Phi) is 5.11. The molecule has 0 spiro atoms. The molecule has 0 aliphatic heterocycles. The van der Waals surface area contributed by atoms with Crippen LogP contribution in [-0.2, 0) is 0 Å². The van der Waals surface area contributed by atoms with E-state index in [1.165, 1.54) is 0 Å². The summed E-state index contributed by atoms with van der Waals surface area (Å²) in [7, 11) is 0. The lowest BCUT2D eigenvalue weighted by Gasteiger charge is -2.13. The molecule has 0 aliphatic rings. The van der Waals surface area contributed by atoms with E-state index in [1.807, 2.05) is 25.1 Å². The number of halogens is 3. The standard InChI is InChI=1S/C14H11Cl3N2S/c1-8-2-3-9(15)6-13(8)19-14(20)18-10-4-5-11(16)12(17)7-10/h2-7H,1H3,(H2,18,19,20). The fraction of sp³-hybridized carbons (Fsp3) is 0.0714. The zero-order valence-electron chi connectivity index (χ0n) is 10.5. The molecule has 0 aromatic heterocycles. The smallest absolute Gasteiger partial charge is 0.175 e. The van der Waals surface area contributed by atoms with E-state index in [9.17, 15) is 0 Å². The lowest BCUT2D eigenvalue weighted by molar-refractivity contribution is 1.45. The number of anilines is 2. The molecule has 104 valence electrons. The monoisotopic (exact) mass is 344 g/mol. The second-order valence-corrected chi connectivity index (χ2v) is 5.83. The largest absolute Gasteiger partial charge is 0.332 e. The summed E-state index contributed by atoms with van der Waals surface area (Å²) in [4.78, 5) is 0. The summed E-state index contributed by atoms with van der Waals surface area (Å²) < 4.78 is 0. The topological polar surface area (TPSA) is 24.1 Å². The van der Waals surface area contributed by atoms with Crippen molar-refractivity contribution in [3.05, 3.63) is 57.0 Å². The Balaban J connectivity index is 2.09. The maximum absolute atomic E-state index is 5.96. The van der Waals surface area contributed by atoms with Crippen molar-refractivity contribution in [2.75, 3.05) is 10.6 Å². The summed E-state index contributed by atoms with van der Waals surface area (Å²) in [5.74, 6) is 0. The summed E-state index contributed by atoms with van der Waals surface area (Å²) in [5.41, 5.74) is 2.67. The van der Waals surface area contributed by atoms with Crippen LogP contribution >= 0.6 is 47.0 Å². The van der Waals surface area contributed by atoms with E-state index in [2.05, 4.69) is 10.6 Å². The van der Waals surface area contributed by atoms with Gasteiger partial charge in [-0.15, -0.1) is 0 Å². The van der Waals surface area contributed by atoms with Gasteiger partial charge in [0.15, 0.2) is 5.11 Å². The highest BCUT2D eigenvalue weighted by Crippen LogP contribution is 2.25. The van der Waals surface area contributed by atoms with Crippen LogP contribution < -0.4 is 10.6 Å². The molecule has 0 saturated heterocycles. The number of nitrogens with one attached hydrogen (secondary N) is 2. The zero-order chi connectivity index (χ0) is 14.7. The number of hydrogen-bond donors (Lipinski definition) is 2. The third-order valence-corrected chi connectivity index (χ3v) is 3.80. The van der Waals surface area contributed by atoms with Gasteiger partial charge in [0.05, 0.1) is 10.0 Å². The van der Waals surface area contributed by atoms with Crippen LogP contribution in [0.25, 0.3) is 0 Å². The van der Waals surface area contributed by atoms with Crippen molar-refractivity contribution in [1.29, 1.82) is 0 Å². The molecule has 0 radical (unpaired) electrons. The second kappa shape index (κ2) is 6.64. The summed E-state index contributed by atoms with van der Waals surface area (Å²) >= 11 is 23.0. The lowest BCUT2D eigenvalue weighted by atomic mass is 10.2. The van der Waals surface area contributed by atoms with Crippen LogP contribution in [0, 0.1) is 6.92 Å². The Hall–Kier alpha value is -1.000. The van der Waals surface area contributed by atoms with E-state index in [0.717, 1.165) is 16.9 Å². The Morgan fingerprint density at radius 2 is 1.70 bits per heavy atom. The number of rotatable bonds is 2. The first-order valence-corrected chi connectivity index (χ1v) is 7.29. The Labute approximate surface area is 138 Å². The van der Waals surface area contributed by atoms with Gasteiger partial charge in [0, 0.05) is 16.4 Å². The molecule has 0 heterocycles. The maximum atomic E-state index is 5.96. The van der Waals surface area contributed by atoms with Crippen molar-refractivity contribution in [3.8, 4) is 0 Å². The van der Waals surface area contributed by atoms with Crippen LogP contribution in [0.15, 0.2) is 36.4 Å². The zero-order valence-corrected chi connectivity index (χ0v) is 13.6. The lowest BCUT2D eigenvalue weighted by Crippen LogP contribution is -2.19. The van der Waals surface area contributed by atoms with E-state index in [1.54, 1.807) is 18.2 Å². The number of benzene rings is 2. The number of thiocarbonyl (C=S) groups is 1. The van der Waals surface area contributed by atoms with Gasteiger partial charge in [-0.05, 0) is 55.0 Å². The average Bonchev–Trinajstić information content (AvgIpc) is 2.38.